The summed E-state index contributed by atoms with van der Waals surface area (Å²) in [6, 6.07) is 6.61. The van der Waals surface area contributed by atoms with Crippen LogP contribution in [0.5, 0.6) is 0 Å². The van der Waals surface area contributed by atoms with E-state index >= 15 is 0 Å². The van der Waals surface area contributed by atoms with Gasteiger partial charge in [-0.3, -0.25) is 4.79 Å². The molecule has 0 radical (unpaired) electrons. The van der Waals surface area contributed by atoms with Gasteiger partial charge in [0.25, 0.3) is 5.91 Å². The van der Waals surface area contributed by atoms with E-state index in [2.05, 4.69) is 49.6 Å². The minimum atomic E-state index is 0.0636. The molecular formula is C16H24N2O. The van der Waals surface area contributed by atoms with Crippen LogP contribution in [0.25, 0.3) is 0 Å². The molecule has 104 valence electrons. The molecule has 2 rings (SSSR count). The molecule has 0 aromatic heterocycles. The fraction of sp³-hybridized carbons (Fsp3) is 0.562. The second-order valence-electron chi connectivity index (χ2n) is 6.53. The first-order valence-corrected chi connectivity index (χ1v) is 6.99. The second kappa shape index (κ2) is 5.33. The van der Waals surface area contributed by atoms with Crippen molar-refractivity contribution < 1.29 is 4.79 Å². The predicted molar refractivity (Wildman–Crippen MR) is 78.4 cm³/mol. The maximum Gasteiger partial charge on any atom is 0.251 e. The van der Waals surface area contributed by atoms with Crippen LogP contribution in [-0.4, -0.2) is 19.5 Å². The van der Waals surface area contributed by atoms with Gasteiger partial charge in [0.15, 0.2) is 0 Å². The molecule has 0 spiro atoms. The van der Waals surface area contributed by atoms with Crippen molar-refractivity contribution in [1.82, 2.24) is 10.6 Å². The summed E-state index contributed by atoms with van der Waals surface area (Å²) < 4.78 is 0. The summed E-state index contributed by atoms with van der Waals surface area (Å²) in [6.45, 7) is 7.47. The minimum Gasteiger partial charge on any atom is -0.352 e. The summed E-state index contributed by atoms with van der Waals surface area (Å²) in [5.74, 6) is 0.0636. The van der Waals surface area contributed by atoms with E-state index in [-0.39, 0.29) is 11.3 Å². The van der Waals surface area contributed by atoms with Gasteiger partial charge in [0.05, 0.1) is 0 Å². The molecule has 0 fully saturated rings. The summed E-state index contributed by atoms with van der Waals surface area (Å²) in [5, 5.41) is 6.28. The molecular weight excluding hydrogens is 236 g/mol. The van der Waals surface area contributed by atoms with Gasteiger partial charge in [-0.25, -0.2) is 0 Å². The molecule has 3 nitrogen and oxygen atoms in total. The Morgan fingerprint density at radius 2 is 2.11 bits per heavy atom. The van der Waals surface area contributed by atoms with Crippen molar-refractivity contribution in [3.63, 3.8) is 0 Å². The Morgan fingerprint density at radius 3 is 2.74 bits per heavy atom. The molecule has 1 atom stereocenters. The number of hydrogen-bond acceptors (Lipinski definition) is 2. The number of carbonyl (C=O) groups is 1. The molecule has 1 aliphatic rings. The molecule has 19 heavy (non-hydrogen) atoms. The maximum absolute atomic E-state index is 11.9. The number of nitrogens with one attached hydrogen (secondary N) is 2. The fourth-order valence-corrected chi connectivity index (χ4v) is 2.65. The summed E-state index contributed by atoms with van der Waals surface area (Å²) in [6.07, 6.45) is 1.98. The lowest BCUT2D eigenvalue weighted by Gasteiger charge is -2.27. The first-order chi connectivity index (χ1) is 8.90. The van der Waals surface area contributed by atoms with Crippen molar-refractivity contribution in [3.8, 4) is 0 Å². The van der Waals surface area contributed by atoms with Crippen molar-refractivity contribution in [2.75, 3.05) is 13.6 Å². The Morgan fingerprint density at radius 1 is 1.37 bits per heavy atom. The Balaban J connectivity index is 2.29. The van der Waals surface area contributed by atoms with Gasteiger partial charge in [-0.2, -0.15) is 0 Å². The van der Waals surface area contributed by atoms with E-state index in [1.165, 1.54) is 5.56 Å². The van der Waals surface area contributed by atoms with Crippen molar-refractivity contribution in [2.45, 2.75) is 39.7 Å². The largest absolute Gasteiger partial charge is 0.352 e. The minimum absolute atomic E-state index is 0.0636. The zero-order valence-corrected chi connectivity index (χ0v) is 12.3. The molecule has 0 bridgehead atoms. The normalized spacial score (nSPS) is 16.7. The molecule has 1 unspecified atom stereocenters. The maximum atomic E-state index is 11.9. The van der Waals surface area contributed by atoms with E-state index in [0.29, 0.717) is 6.04 Å². The summed E-state index contributed by atoms with van der Waals surface area (Å²) in [4.78, 5) is 11.9. The Bertz CT molecular complexity index is 474. The third kappa shape index (κ3) is 3.35. The van der Waals surface area contributed by atoms with Crippen LogP contribution in [0.1, 0.15) is 54.7 Å². The van der Waals surface area contributed by atoms with Gasteiger partial charge in [0.2, 0.25) is 0 Å². The monoisotopic (exact) mass is 260 g/mol. The van der Waals surface area contributed by atoms with Crippen LogP contribution < -0.4 is 10.6 Å². The van der Waals surface area contributed by atoms with Crippen LogP contribution in [0, 0.1) is 5.41 Å². The number of fused-ring (bicyclic) bond motifs is 1. The number of carbonyl (C=O) groups excluding carboxylic acids is 1. The highest BCUT2D eigenvalue weighted by molar-refractivity contribution is 5.96. The van der Waals surface area contributed by atoms with Gasteiger partial charge >= 0.3 is 0 Å². The van der Waals surface area contributed by atoms with Crippen molar-refractivity contribution >= 4 is 5.91 Å². The molecule has 0 aliphatic carbocycles. The van der Waals surface area contributed by atoms with Crippen molar-refractivity contribution in [2.24, 2.45) is 5.41 Å². The highest BCUT2D eigenvalue weighted by Gasteiger charge is 2.22. The lowest BCUT2D eigenvalue weighted by molar-refractivity contribution is 0.0946. The molecule has 0 saturated heterocycles. The smallest absolute Gasteiger partial charge is 0.251 e. The molecule has 1 heterocycles. The van der Waals surface area contributed by atoms with E-state index < -0.39 is 0 Å². The number of amides is 1. The van der Waals surface area contributed by atoms with Gasteiger partial charge < -0.3 is 10.6 Å². The third-order valence-electron chi connectivity index (χ3n) is 3.63. The molecule has 1 aromatic rings. The number of benzene rings is 1. The average molecular weight is 260 g/mol. The SMILES string of the molecule is CNC(CC(C)(C)C)c1ccc2c(c1)C(=O)NCC2. The highest BCUT2D eigenvalue weighted by Crippen LogP contribution is 2.30. The lowest BCUT2D eigenvalue weighted by atomic mass is 9.84. The standard InChI is InChI=1S/C16H24N2O/c1-16(2,3)10-14(17-4)12-6-5-11-7-8-18-15(19)13(11)9-12/h5-6,9,14,17H,7-8,10H2,1-4H3,(H,18,19). The van der Waals surface area contributed by atoms with Gasteiger partial charge in [0, 0.05) is 18.2 Å². The predicted octanol–water partition coefficient (Wildman–Crippen LogP) is 2.67. The summed E-state index contributed by atoms with van der Waals surface area (Å²) in [5.41, 5.74) is 3.47. The Hall–Kier alpha value is -1.35. The lowest BCUT2D eigenvalue weighted by Crippen LogP contribution is -2.32. The van der Waals surface area contributed by atoms with Gasteiger partial charge in [-0.1, -0.05) is 32.9 Å². The van der Waals surface area contributed by atoms with E-state index in [9.17, 15) is 4.79 Å². The van der Waals surface area contributed by atoms with E-state index in [1.54, 1.807) is 0 Å². The fourth-order valence-electron chi connectivity index (χ4n) is 2.65. The first kappa shape index (κ1) is 14.1. The summed E-state index contributed by atoms with van der Waals surface area (Å²) in [7, 11) is 1.98. The zero-order chi connectivity index (χ0) is 14.0. The molecule has 1 amide bonds. The molecule has 2 N–H and O–H groups in total. The summed E-state index contributed by atoms with van der Waals surface area (Å²) >= 11 is 0. The van der Waals surface area contributed by atoms with Crippen LogP contribution >= 0.6 is 0 Å². The van der Waals surface area contributed by atoms with Crippen LogP contribution in [-0.2, 0) is 6.42 Å². The molecule has 0 saturated carbocycles. The Labute approximate surface area is 115 Å². The van der Waals surface area contributed by atoms with Gasteiger partial charge in [-0.15, -0.1) is 0 Å². The van der Waals surface area contributed by atoms with Crippen molar-refractivity contribution in [1.29, 1.82) is 0 Å². The van der Waals surface area contributed by atoms with Crippen LogP contribution in [0.2, 0.25) is 0 Å². The zero-order valence-electron chi connectivity index (χ0n) is 12.3. The molecule has 3 heteroatoms. The van der Waals surface area contributed by atoms with Crippen LogP contribution in [0.3, 0.4) is 0 Å². The van der Waals surface area contributed by atoms with Crippen molar-refractivity contribution in [3.05, 3.63) is 34.9 Å². The third-order valence-corrected chi connectivity index (χ3v) is 3.63. The topological polar surface area (TPSA) is 41.1 Å². The average Bonchev–Trinajstić information content (AvgIpc) is 2.35. The second-order valence-corrected chi connectivity index (χ2v) is 6.53. The molecule has 1 aliphatic heterocycles. The van der Waals surface area contributed by atoms with E-state index in [4.69, 9.17) is 0 Å². The first-order valence-electron chi connectivity index (χ1n) is 6.99. The number of rotatable bonds is 3. The van der Waals surface area contributed by atoms with E-state index in [1.807, 2.05) is 7.05 Å². The quantitative estimate of drug-likeness (QED) is 0.877. The van der Waals surface area contributed by atoms with Gasteiger partial charge in [-0.05, 0) is 42.5 Å². The van der Waals surface area contributed by atoms with Crippen LogP contribution in [0.4, 0.5) is 0 Å². The van der Waals surface area contributed by atoms with Gasteiger partial charge in [0.1, 0.15) is 0 Å². The van der Waals surface area contributed by atoms with Crippen LogP contribution in [0.15, 0.2) is 18.2 Å². The highest BCUT2D eigenvalue weighted by atomic mass is 16.1. The number of hydrogen-bond donors (Lipinski definition) is 2. The molecule has 1 aromatic carbocycles. The Kier molecular flexibility index (Phi) is 3.95. The van der Waals surface area contributed by atoms with E-state index in [0.717, 1.165) is 30.5 Å².